The van der Waals surface area contributed by atoms with Crippen LogP contribution < -0.4 is 0 Å². The van der Waals surface area contributed by atoms with Gasteiger partial charge in [0, 0.05) is 10.8 Å². The molecule has 0 radical (unpaired) electrons. The van der Waals surface area contributed by atoms with E-state index in [1.54, 1.807) is 0 Å². The van der Waals surface area contributed by atoms with Gasteiger partial charge in [0.05, 0.1) is 37.3 Å². The van der Waals surface area contributed by atoms with Gasteiger partial charge in [-0.25, -0.2) is 0 Å². The lowest BCUT2D eigenvalue weighted by Gasteiger charge is -2.37. The first-order valence-corrected chi connectivity index (χ1v) is 13.4. The molecular weight excluding hydrogens is 520 g/mol. The topological polar surface area (TPSA) is 36.9 Å². The molecule has 2 spiro atoms. The highest BCUT2D eigenvalue weighted by Crippen LogP contribution is 2.29. The van der Waals surface area contributed by atoms with Crippen molar-refractivity contribution in [1.82, 2.24) is 0 Å². The van der Waals surface area contributed by atoms with Crippen LogP contribution in [0.4, 0.5) is 0 Å². The van der Waals surface area contributed by atoms with Crippen molar-refractivity contribution in [3.8, 4) is 118 Å². The van der Waals surface area contributed by atoms with E-state index in [2.05, 4.69) is 118 Å². The first-order valence-electron chi connectivity index (χ1n) is 13.4. The van der Waals surface area contributed by atoms with Crippen LogP contribution in [0.2, 0.25) is 0 Å². The maximum Gasteiger partial charge on any atom is 0.302 e. The number of ether oxygens (including phenoxy) is 4. The van der Waals surface area contributed by atoms with Gasteiger partial charge in [-0.3, -0.25) is 0 Å². The van der Waals surface area contributed by atoms with E-state index >= 15 is 0 Å². The van der Waals surface area contributed by atoms with Gasteiger partial charge in [0.1, 0.15) is 0 Å². The molecule has 0 amide bonds. The molecule has 3 rings (SSSR count). The van der Waals surface area contributed by atoms with Gasteiger partial charge in [-0.2, -0.15) is 0 Å². The van der Waals surface area contributed by atoms with Crippen LogP contribution in [0.25, 0.3) is 0 Å². The van der Waals surface area contributed by atoms with Gasteiger partial charge in [-0.05, 0) is 122 Å². The molecule has 0 aromatic heterocycles. The van der Waals surface area contributed by atoms with Gasteiger partial charge in [-0.1, -0.05) is 51.4 Å². The van der Waals surface area contributed by atoms with Crippen LogP contribution in [0.1, 0.15) is 55.4 Å². The minimum absolute atomic E-state index is 0.170. The molecule has 0 bridgehead atoms. The zero-order valence-electron chi connectivity index (χ0n) is 25.5. The van der Waals surface area contributed by atoms with Crippen molar-refractivity contribution in [3.63, 3.8) is 0 Å². The lowest BCUT2D eigenvalue weighted by Crippen LogP contribution is -2.45. The van der Waals surface area contributed by atoms with Crippen molar-refractivity contribution in [3.05, 3.63) is 0 Å². The molecule has 0 atom stereocenters. The van der Waals surface area contributed by atoms with Crippen molar-refractivity contribution in [2.75, 3.05) is 26.4 Å². The Kier molecular flexibility index (Phi) is 9.86. The van der Waals surface area contributed by atoms with Gasteiger partial charge in [0.15, 0.2) is 0 Å². The predicted octanol–water partition coefficient (Wildman–Crippen LogP) is 3.63. The summed E-state index contributed by atoms with van der Waals surface area (Å²) in [6, 6.07) is 0. The van der Waals surface area contributed by atoms with Crippen LogP contribution in [0.5, 0.6) is 0 Å². The molecule has 0 saturated carbocycles. The molecule has 2 aliphatic heterocycles. The molecule has 2 saturated heterocycles. The van der Waals surface area contributed by atoms with Crippen molar-refractivity contribution in [2.24, 2.45) is 21.7 Å². The summed E-state index contributed by atoms with van der Waals surface area (Å²) >= 11 is 0. The molecule has 42 heavy (non-hydrogen) atoms. The third-order valence-corrected chi connectivity index (χ3v) is 5.57. The average molecular weight is 553 g/mol. The molecule has 0 aromatic carbocycles. The van der Waals surface area contributed by atoms with E-state index in [1.807, 2.05) is 55.4 Å². The number of hydrogen-bond donors (Lipinski definition) is 0. The van der Waals surface area contributed by atoms with Crippen molar-refractivity contribution < 1.29 is 18.9 Å². The second-order valence-corrected chi connectivity index (χ2v) is 12.5. The first kappa shape index (κ1) is 32.0. The average Bonchev–Trinajstić information content (AvgIpc) is 2.91. The van der Waals surface area contributed by atoms with E-state index < -0.39 is 22.4 Å². The van der Waals surface area contributed by atoms with Gasteiger partial charge in [0.2, 0.25) is 0 Å². The van der Waals surface area contributed by atoms with Gasteiger partial charge < -0.3 is 18.9 Å². The summed E-state index contributed by atoms with van der Waals surface area (Å²) in [6.45, 7) is 17.3. The molecule has 1 aliphatic carbocycles. The molecule has 3 aliphatic rings. The van der Waals surface area contributed by atoms with Crippen LogP contribution in [0.3, 0.4) is 0 Å². The zero-order chi connectivity index (χ0) is 30.8. The zero-order valence-corrected chi connectivity index (χ0v) is 25.5. The summed E-state index contributed by atoms with van der Waals surface area (Å²) in [5, 5.41) is 0. The highest BCUT2D eigenvalue weighted by Gasteiger charge is 2.39. The molecule has 4 heteroatoms. The van der Waals surface area contributed by atoms with Crippen molar-refractivity contribution in [2.45, 2.75) is 67.0 Å². The van der Waals surface area contributed by atoms with E-state index in [-0.39, 0.29) is 10.8 Å². The Morgan fingerprint density at radius 2 is 0.524 bits per heavy atom. The fraction of sp³-hybridized carbons (Fsp3) is 0.474. The highest BCUT2D eigenvalue weighted by molar-refractivity contribution is 5.46. The van der Waals surface area contributed by atoms with Gasteiger partial charge in [-0.15, -0.1) is 0 Å². The Bertz CT molecular complexity index is 1600. The lowest BCUT2D eigenvalue weighted by atomic mass is 9.94. The molecular formula is C38H32O4. The summed E-state index contributed by atoms with van der Waals surface area (Å²) in [7, 11) is 0. The lowest BCUT2D eigenvalue weighted by molar-refractivity contribution is -0.234. The summed E-state index contributed by atoms with van der Waals surface area (Å²) in [5.41, 5.74) is -1.64. The van der Waals surface area contributed by atoms with E-state index in [0.29, 0.717) is 26.4 Å². The molecule has 4 nitrogen and oxygen atoms in total. The summed E-state index contributed by atoms with van der Waals surface area (Å²) in [6.07, 6.45) is 0. The second kappa shape index (κ2) is 13.0. The Morgan fingerprint density at radius 1 is 0.310 bits per heavy atom. The Labute approximate surface area is 252 Å². The summed E-state index contributed by atoms with van der Waals surface area (Å²) < 4.78 is 23.7. The minimum atomic E-state index is -1.44. The van der Waals surface area contributed by atoms with Crippen LogP contribution in [0, 0.1) is 140 Å². The fourth-order valence-electron chi connectivity index (χ4n) is 3.10. The molecule has 0 aromatic rings. The highest BCUT2D eigenvalue weighted by atomic mass is 16.7. The van der Waals surface area contributed by atoms with Crippen LogP contribution in [-0.2, 0) is 18.9 Å². The first-order chi connectivity index (χ1) is 19.7. The van der Waals surface area contributed by atoms with Crippen LogP contribution in [-0.4, -0.2) is 38.0 Å². The number of rotatable bonds is 0. The quantitative estimate of drug-likeness (QED) is 0.431. The Balaban J connectivity index is 2.04. The maximum atomic E-state index is 5.93. The second-order valence-electron chi connectivity index (χ2n) is 12.5. The molecule has 208 valence electrons. The molecule has 2 fully saturated rings. The van der Waals surface area contributed by atoms with Gasteiger partial charge >= 0.3 is 11.6 Å². The predicted molar refractivity (Wildman–Crippen MR) is 162 cm³/mol. The maximum absolute atomic E-state index is 5.93. The van der Waals surface area contributed by atoms with E-state index in [1.165, 1.54) is 0 Å². The standard InChI is InChI=1S/C38H32O4/c1-33(2)21-15-16-22-34(3,4)24-18-20-28-38(41-31-36(7,8)32-42-38)26-14-12-10-9-11-13-25-37(27-19-17-23-33)39-29-35(5,6)30-40-37/h29-32H2,1-8H3. The van der Waals surface area contributed by atoms with Crippen molar-refractivity contribution >= 4 is 0 Å². The number of hydrogen-bond acceptors (Lipinski definition) is 4. The smallest absolute Gasteiger partial charge is 0.302 e. The van der Waals surface area contributed by atoms with E-state index in [4.69, 9.17) is 18.9 Å². The Morgan fingerprint density at radius 3 is 0.810 bits per heavy atom. The molecule has 0 N–H and O–H groups in total. The van der Waals surface area contributed by atoms with Crippen molar-refractivity contribution in [1.29, 1.82) is 0 Å². The summed E-state index contributed by atoms with van der Waals surface area (Å²) in [5.74, 6) is 54.1. The van der Waals surface area contributed by atoms with Crippen LogP contribution in [0.15, 0.2) is 0 Å². The van der Waals surface area contributed by atoms with E-state index in [9.17, 15) is 0 Å². The molecule has 2 heterocycles. The van der Waals surface area contributed by atoms with E-state index in [0.717, 1.165) is 0 Å². The van der Waals surface area contributed by atoms with Crippen LogP contribution >= 0.6 is 0 Å². The third kappa shape index (κ3) is 10.4. The Hall–Kier alpha value is -4.56. The minimum Gasteiger partial charge on any atom is -0.329 e. The monoisotopic (exact) mass is 552 g/mol. The third-order valence-electron chi connectivity index (χ3n) is 5.57. The van der Waals surface area contributed by atoms with Gasteiger partial charge in [0.25, 0.3) is 0 Å². The molecule has 0 unspecified atom stereocenters. The fourth-order valence-corrected chi connectivity index (χ4v) is 3.10. The largest absolute Gasteiger partial charge is 0.329 e. The normalized spacial score (nSPS) is 22.7. The summed E-state index contributed by atoms with van der Waals surface area (Å²) in [4.78, 5) is 0. The SMILES string of the molecule is CC1(C)C#CC#CC(C)(C)C#CC#CC2(C#CC#CC#CC#CC3(C#CC#C1)OCC(C)(C)CO3)OCC(C)(C)CO2.